The molecule has 2 bridgehead atoms. The number of rotatable bonds is 1. The van der Waals surface area contributed by atoms with Crippen molar-refractivity contribution < 1.29 is 19.1 Å². The number of carbonyl (C=O) groups excluding carboxylic acids is 2. The van der Waals surface area contributed by atoms with Crippen molar-refractivity contribution in [2.24, 2.45) is 5.92 Å². The molecular formula is C21H24N2O4. The summed E-state index contributed by atoms with van der Waals surface area (Å²) >= 11 is 0. The van der Waals surface area contributed by atoms with Crippen molar-refractivity contribution in [2.45, 2.75) is 54.9 Å². The maximum atomic E-state index is 13.2. The Kier molecular flexibility index (Phi) is 2.75. The summed E-state index contributed by atoms with van der Waals surface area (Å²) in [5, 5.41) is 0. The predicted molar refractivity (Wildman–Crippen MR) is 97.2 cm³/mol. The number of nitrogens with zero attached hydrogens (tertiary/aromatic N) is 2. The fourth-order valence-corrected chi connectivity index (χ4v) is 7.50. The zero-order valence-corrected chi connectivity index (χ0v) is 15.7. The van der Waals surface area contributed by atoms with Crippen LogP contribution in [0.1, 0.15) is 37.7 Å². The van der Waals surface area contributed by atoms with Crippen LogP contribution in [-0.2, 0) is 24.5 Å². The molecule has 0 N–H and O–H groups in total. The molecule has 2 spiro atoms. The monoisotopic (exact) mass is 368 g/mol. The van der Waals surface area contributed by atoms with Gasteiger partial charge in [-0.2, -0.15) is 0 Å². The van der Waals surface area contributed by atoms with Crippen LogP contribution in [0.25, 0.3) is 0 Å². The average Bonchev–Trinajstić information content (AvgIpc) is 3.26. The lowest BCUT2D eigenvalue weighted by atomic mass is 9.52. The number of esters is 1. The minimum atomic E-state index is -1.01. The summed E-state index contributed by atoms with van der Waals surface area (Å²) in [6.07, 6.45) is 3.82. The van der Waals surface area contributed by atoms with Gasteiger partial charge in [0.1, 0.15) is 0 Å². The van der Waals surface area contributed by atoms with E-state index >= 15 is 0 Å². The molecule has 1 aromatic carbocycles. The van der Waals surface area contributed by atoms with Crippen LogP contribution >= 0.6 is 0 Å². The van der Waals surface area contributed by atoms with E-state index in [1.165, 1.54) is 12.7 Å². The van der Waals surface area contributed by atoms with Gasteiger partial charge in [-0.25, -0.2) is 4.79 Å². The van der Waals surface area contributed by atoms with Crippen molar-refractivity contribution in [3.8, 4) is 0 Å². The van der Waals surface area contributed by atoms with Gasteiger partial charge in [0, 0.05) is 31.6 Å². The Morgan fingerprint density at radius 3 is 2.96 bits per heavy atom. The minimum Gasteiger partial charge on any atom is -0.467 e. The summed E-state index contributed by atoms with van der Waals surface area (Å²) in [7, 11) is 3.50. The number of amides is 1. The van der Waals surface area contributed by atoms with Gasteiger partial charge in [0.2, 0.25) is 5.91 Å². The molecule has 1 amide bonds. The lowest BCUT2D eigenvalue weighted by molar-refractivity contribution is -0.217. The van der Waals surface area contributed by atoms with Crippen LogP contribution in [0.2, 0.25) is 0 Å². The zero-order valence-electron chi connectivity index (χ0n) is 15.7. The van der Waals surface area contributed by atoms with Gasteiger partial charge in [-0.1, -0.05) is 18.2 Å². The van der Waals surface area contributed by atoms with Crippen LogP contribution in [0.15, 0.2) is 24.3 Å². The van der Waals surface area contributed by atoms with Gasteiger partial charge in [0.25, 0.3) is 0 Å². The maximum Gasteiger partial charge on any atom is 0.340 e. The van der Waals surface area contributed by atoms with Crippen molar-refractivity contribution in [1.29, 1.82) is 0 Å². The van der Waals surface area contributed by atoms with Crippen LogP contribution in [0.4, 0.5) is 5.69 Å². The van der Waals surface area contributed by atoms with Gasteiger partial charge in [-0.3, -0.25) is 4.79 Å². The summed E-state index contributed by atoms with van der Waals surface area (Å²) in [6.45, 7) is 0.715. The second kappa shape index (κ2) is 4.66. The van der Waals surface area contributed by atoms with E-state index in [9.17, 15) is 9.59 Å². The van der Waals surface area contributed by atoms with Crippen LogP contribution in [0.5, 0.6) is 0 Å². The molecule has 1 aromatic rings. The van der Waals surface area contributed by atoms with E-state index in [4.69, 9.17) is 9.47 Å². The fraction of sp³-hybridized carbons (Fsp3) is 0.619. The number of piperidine rings is 2. The highest BCUT2D eigenvalue weighted by Gasteiger charge is 2.87. The Bertz CT molecular complexity index is 887. The molecule has 4 saturated heterocycles. The number of ether oxygens (including phenoxy) is 2. The maximum absolute atomic E-state index is 13.2. The van der Waals surface area contributed by atoms with Gasteiger partial charge >= 0.3 is 5.97 Å². The van der Waals surface area contributed by atoms with Gasteiger partial charge in [0.05, 0.1) is 18.6 Å². The number of hydrogen-bond donors (Lipinski definition) is 0. The number of methoxy groups -OCH3 is 1. The first kappa shape index (κ1) is 15.9. The third kappa shape index (κ3) is 1.39. The molecule has 5 aliphatic heterocycles. The molecule has 0 radical (unpaired) electrons. The highest BCUT2D eigenvalue weighted by atomic mass is 16.6. The number of likely N-dealkylation sites (N-methyl/N-ethyl adjacent to an activating group) is 1. The van der Waals surface area contributed by atoms with Crippen LogP contribution in [0.3, 0.4) is 0 Å². The first-order valence-corrected chi connectivity index (χ1v) is 9.94. The molecule has 0 unspecified atom stereocenters. The molecular weight excluding hydrogens is 344 g/mol. The second-order valence-corrected chi connectivity index (χ2v) is 8.77. The van der Waals surface area contributed by atoms with E-state index < -0.39 is 11.3 Å². The molecule has 6 heteroatoms. The van der Waals surface area contributed by atoms with E-state index in [1.54, 1.807) is 0 Å². The quantitative estimate of drug-likeness (QED) is 0.708. The molecule has 0 saturated carbocycles. The van der Waals surface area contributed by atoms with Crippen molar-refractivity contribution in [1.82, 2.24) is 4.90 Å². The van der Waals surface area contributed by atoms with Gasteiger partial charge < -0.3 is 19.3 Å². The molecule has 5 atom stereocenters. The Morgan fingerprint density at radius 1 is 1.33 bits per heavy atom. The Hall–Kier alpha value is -2.08. The van der Waals surface area contributed by atoms with Gasteiger partial charge in [0.15, 0.2) is 11.3 Å². The molecule has 6 rings (SSSR count). The Morgan fingerprint density at radius 2 is 2.15 bits per heavy atom. The van der Waals surface area contributed by atoms with Gasteiger partial charge in [-0.05, 0) is 37.3 Å². The number of fused-ring (bicyclic) bond motifs is 3. The van der Waals surface area contributed by atoms with E-state index in [0.717, 1.165) is 24.9 Å². The largest absolute Gasteiger partial charge is 0.467 e. The SMILES string of the molecule is COC(=O)[C@@]12C[C@@H]3CCC(=O)N4CCC[C@@]5(c6ccccc6N(C)[C@@H]15)[C@@]34O2. The number of benzene rings is 1. The standard InChI is InChI=1S/C21H24N2O4/c1-22-15-7-4-3-6-14(15)19-10-5-11-23-16(24)9-8-13-12-20(17(19)22,18(25)26-2)27-21(13,19)23/h3-4,6-7,13,17H,5,8-12H2,1-2H3/t13-,17+,19-,20+,21-/m0/s1. The Balaban J connectivity index is 1.70. The van der Waals surface area contributed by atoms with Crippen LogP contribution < -0.4 is 4.90 Å². The number of carbonyl (C=O) groups is 2. The smallest absolute Gasteiger partial charge is 0.340 e. The molecule has 0 aromatic heterocycles. The highest BCUT2D eigenvalue weighted by Crippen LogP contribution is 2.74. The summed E-state index contributed by atoms with van der Waals surface area (Å²) in [4.78, 5) is 30.3. The summed E-state index contributed by atoms with van der Waals surface area (Å²) in [6, 6.07) is 8.27. The lowest BCUT2D eigenvalue weighted by Gasteiger charge is -2.59. The number of anilines is 1. The number of para-hydroxylation sites is 1. The molecule has 6 nitrogen and oxygen atoms in total. The molecule has 4 fully saturated rings. The molecule has 142 valence electrons. The minimum absolute atomic E-state index is 0.139. The first-order chi connectivity index (χ1) is 13.0. The predicted octanol–water partition coefficient (Wildman–Crippen LogP) is 1.82. The van der Waals surface area contributed by atoms with Crippen molar-refractivity contribution in [3.05, 3.63) is 29.8 Å². The normalized spacial score (nSPS) is 43.4. The van der Waals surface area contributed by atoms with Crippen molar-refractivity contribution in [3.63, 3.8) is 0 Å². The second-order valence-electron chi connectivity index (χ2n) is 8.77. The highest BCUT2D eigenvalue weighted by molar-refractivity contribution is 5.88. The van der Waals surface area contributed by atoms with E-state index in [2.05, 4.69) is 30.1 Å². The molecule has 5 heterocycles. The van der Waals surface area contributed by atoms with E-state index in [-0.39, 0.29) is 29.3 Å². The summed E-state index contributed by atoms with van der Waals surface area (Å²) in [5.41, 5.74) is 0.274. The average molecular weight is 368 g/mol. The summed E-state index contributed by atoms with van der Waals surface area (Å²) < 4.78 is 12.1. The van der Waals surface area contributed by atoms with Crippen molar-refractivity contribution in [2.75, 3.05) is 25.6 Å². The third-order valence-electron chi connectivity index (χ3n) is 8.03. The Labute approximate surface area is 158 Å². The summed E-state index contributed by atoms with van der Waals surface area (Å²) in [5.74, 6) is 0.0428. The van der Waals surface area contributed by atoms with Gasteiger partial charge in [-0.15, -0.1) is 0 Å². The number of hydrogen-bond acceptors (Lipinski definition) is 5. The lowest BCUT2D eigenvalue weighted by Crippen LogP contribution is -2.73. The topological polar surface area (TPSA) is 59.1 Å². The van der Waals surface area contributed by atoms with Crippen LogP contribution in [-0.4, -0.2) is 54.8 Å². The van der Waals surface area contributed by atoms with E-state index in [0.29, 0.717) is 19.4 Å². The molecule has 27 heavy (non-hydrogen) atoms. The van der Waals surface area contributed by atoms with Crippen molar-refractivity contribution >= 4 is 17.6 Å². The van der Waals surface area contributed by atoms with Crippen LogP contribution in [0, 0.1) is 5.92 Å². The molecule has 0 aliphatic carbocycles. The van der Waals surface area contributed by atoms with E-state index in [1.807, 2.05) is 11.0 Å². The first-order valence-electron chi connectivity index (χ1n) is 9.94. The fourth-order valence-electron chi connectivity index (χ4n) is 7.50. The zero-order chi connectivity index (χ0) is 18.6. The molecule has 5 aliphatic rings. The third-order valence-corrected chi connectivity index (χ3v) is 8.03.